The quantitative estimate of drug-likeness (QED) is 0.731. The van der Waals surface area contributed by atoms with Crippen LogP contribution in [0.15, 0.2) is 28.7 Å². The molecule has 2 aromatic heterocycles. The molecule has 0 radical (unpaired) electrons. The third-order valence-corrected chi connectivity index (χ3v) is 3.12. The molecule has 5 heteroatoms. The van der Waals surface area contributed by atoms with Crippen molar-refractivity contribution in [2.45, 2.75) is 26.8 Å². The lowest BCUT2D eigenvalue weighted by Crippen LogP contribution is -1.99. The first-order valence-corrected chi connectivity index (χ1v) is 6.44. The van der Waals surface area contributed by atoms with E-state index in [-0.39, 0.29) is 0 Å². The maximum atomic E-state index is 5.78. The van der Waals surface area contributed by atoms with Crippen molar-refractivity contribution in [2.75, 3.05) is 5.73 Å². The third kappa shape index (κ3) is 1.97. The molecule has 98 valence electrons. The minimum Gasteiger partial charge on any atom is -0.435 e. The zero-order valence-electron chi connectivity index (χ0n) is 11.1. The predicted molar refractivity (Wildman–Crippen MR) is 74.7 cm³/mol. The van der Waals surface area contributed by atoms with Gasteiger partial charge in [-0.15, -0.1) is 0 Å². The van der Waals surface area contributed by atoms with Crippen LogP contribution in [-0.2, 0) is 13.0 Å². The van der Waals surface area contributed by atoms with Crippen LogP contribution in [0.2, 0.25) is 0 Å². The summed E-state index contributed by atoms with van der Waals surface area (Å²) in [5, 5.41) is 4.50. The second kappa shape index (κ2) is 4.42. The van der Waals surface area contributed by atoms with E-state index in [0.29, 0.717) is 11.6 Å². The molecule has 0 atom stereocenters. The Labute approximate surface area is 111 Å². The van der Waals surface area contributed by atoms with Crippen LogP contribution in [0.3, 0.4) is 0 Å². The second-order valence-electron chi connectivity index (χ2n) is 4.44. The lowest BCUT2D eigenvalue weighted by atomic mass is 10.3. The molecule has 0 aliphatic heterocycles. The van der Waals surface area contributed by atoms with Crippen LogP contribution in [-0.4, -0.2) is 14.8 Å². The summed E-state index contributed by atoms with van der Waals surface area (Å²) in [5.74, 6) is 0.592. The molecular formula is C14H16N4O. The van der Waals surface area contributed by atoms with E-state index in [4.69, 9.17) is 10.2 Å². The standard InChI is InChI=1S/C14H16N4O/c1-3-10-8-12(18(4-2)17-10)14-16-11-7-9(15)5-6-13(11)19-14/h5-8H,3-4,15H2,1-2H3. The van der Waals surface area contributed by atoms with E-state index in [2.05, 4.69) is 23.9 Å². The highest BCUT2D eigenvalue weighted by Gasteiger charge is 2.14. The molecule has 19 heavy (non-hydrogen) atoms. The van der Waals surface area contributed by atoms with E-state index in [1.54, 1.807) is 0 Å². The highest BCUT2D eigenvalue weighted by Crippen LogP contribution is 2.26. The largest absolute Gasteiger partial charge is 0.435 e. The Balaban J connectivity index is 2.15. The van der Waals surface area contributed by atoms with Crippen molar-refractivity contribution in [3.8, 4) is 11.6 Å². The Morgan fingerprint density at radius 3 is 2.84 bits per heavy atom. The number of nitrogens with two attached hydrogens (primary N) is 1. The summed E-state index contributed by atoms with van der Waals surface area (Å²) in [6.07, 6.45) is 0.896. The average Bonchev–Trinajstić information content (AvgIpc) is 3.00. The highest BCUT2D eigenvalue weighted by molar-refractivity contribution is 5.79. The summed E-state index contributed by atoms with van der Waals surface area (Å²) in [5.41, 5.74) is 9.91. The fourth-order valence-electron chi connectivity index (χ4n) is 2.11. The molecule has 2 N–H and O–H groups in total. The minimum atomic E-state index is 0.592. The molecule has 1 aromatic carbocycles. The third-order valence-electron chi connectivity index (χ3n) is 3.12. The summed E-state index contributed by atoms with van der Waals surface area (Å²) in [6.45, 7) is 4.92. The van der Waals surface area contributed by atoms with Crippen LogP contribution in [0.4, 0.5) is 5.69 Å². The summed E-state index contributed by atoms with van der Waals surface area (Å²) < 4.78 is 7.69. The Morgan fingerprint density at radius 1 is 1.26 bits per heavy atom. The molecular weight excluding hydrogens is 240 g/mol. The normalized spacial score (nSPS) is 11.3. The molecule has 0 saturated heterocycles. The number of hydrogen-bond donors (Lipinski definition) is 1. The van der Waals surface area contributed by atoms with Crippen LogP contribution in [0.25, 0.3) is 22.7 Å². The monoisotopic (exact) mass is 256 g/mol. The summed E-state index contributed by atoms with van der Waals surface area (Å²) in [7, 11) is 0. The highest BCUT2D eigenvalue weighted by atomic mass is 16.3. The first-order valence-electron chi connectivity index (χ1n) is 6.44. The van der Waals surface area contributed by atoms with Gasteiger partial charge in [-0.05, 0) is 37.6 Å². The lowest BCUT2D eigenvalue weighted by Gasteiger charge is -1.98. The Hall–Kier alpha value is -2.30. The molecule has 0 fully saturated rings. The predicted octanol–water partition coefficient (Wildman–Crippen LogP) is 2.86. The van der Waals surface area contributed by atoms with Gasteiger partial charge in [0.2, 0.25) is 5.89 Å². The molecule has 5 nitrogen and oxygen atoms in total. The van der Waals surface area contributed by atoms with Crippen molar-refractivity contribution in [1.82, 2.24) is 14.8 Å². The van der Waals surface area contributed by atoms with E-state index in [9.17, 15) is 0 Å². The number of rotatable bonds is 3. The number of hydrogen-bond acceptors (Lipinski definition) is 4. The SMILES string of the molecule is CCc1cc(-c2nc3cc(N)ccc3o2)n(CC)n1. The Bertz CT molecular complexity index is 726. The molecule has 0 amide bonds. The molecule has 0 unspecified atom stereocenters. The molecule has 3 aromatic rings. The summed E-state index contributed by atoms with van der Waals surface area (Å²) in [4.78, 5) is 4.49. The summed E-state index contributed by atoms with van der Waals surface area (Å²) >= 11 is 0. The molecule has 3 rings (SSSR count). The van der Waals surface area contributed by atoms with Crippen LogP contribution in [0.5, 0.6) is 0 Å². The maximum Gasteiger partial charge on any atom is 0.245 e. The first kappa shape index (κ1) is 11.8. The number of aryl methyl sites for hydroxylation is 2. The smallest absolute Gasteiger partial charge is 0.245 e. The van der Waals surface area contributed by atoms with Crippen LogP contribution >= 0.6 is 0 Å². The van der Waals surface area contributed by atoms with Gasteiger partial charge < -0.3 is 10.2 Å². The van der Waals surface area contributed by atoms with Crippen molar-refractivity contribution in [3.05, 3.63) is 30.0 Å². The summed E-state index contributed by atoms with van der Waals surface area (Å²) in [6, 6.07) is 7.49. The van der Waals surface area contributed by atoms with Crippen molar-refractivity contribution < 1.29 is 4.42 Å². The maximum absolute atomic E-state index is 5.78. The molecule has 0 spiro atoms. The lowest BCUT2D eigenvalue weighted by molar-refractivity contribution is 0.590. The van der Waals surface area contributed by atoms with Gasteiger partial charge in [-0.2, -0.15) is 5.10 Å². The molecule has 0 saturated carbocycles. The van der Waals surface area contributed by atoms with E-state index >= 15 is 0 Å². The van der Waals surface area contributed by atoms with Gasteiger partial charge in [0.05, 0.1) is 5.69 Å². The van der Waals surface area contributed by atoms with Crippen LogP contribution in [0, 0.1) is 0 Å². The van der Waals surface area contributed by atoms with Crippen molar-refractivity contribution in [2.24, 2.45) is 0 Å². The number of aromatic nitrogens is 3. The second-order valence-corrected chi connectivity index (χ2v) is 4.44. The molecule has 0 bridgehead atoms. The van der Waals surface area contributed by atoms with Gasteiger partial charge in [-0.1, -0.05) is 6.92 Å². The van der Waals surface area contributed by atoms with E-state index in [1.807, 2.05) is 28.9 Å². The van der Waals surface area contributed by atoms with Gasteiger partial charge in [-0.3, -0.25) is 4.68 Å². The van der Waals surface area contributed by atoms with Crippen molar-refractivity contribution in [3.63, 3.8) is 0 Å². The van der Waals surface area contributed by atoms with Gasteiger partial charge in [-0.25, -0.2) is 4.98 Å². The fraction of sp³-hybridized carbons (Fsp3) is 0.286. The van der Waals surface area contributed by atoms with Gasteiger partial charge in [0.25, 0.3) is 0 Å². The zero-order valence-corrected chi connectivity index (χ0v) is 11.1. The minimum absolute atomic E-state index is 0.592. The Kier molecular flexibility index (Phi) is 2.74. The average molecular weight is 256 g/mol. The molecule has 0 aliphatic carbocycles. The Morgan fingerprint density at radius 2 is 2.11 bits per heavy atom. The van der Waals surface area contributed by atoms with Gasteiger partial charge in [0.15, 0.2) is 5.58 Å². The van der Waals surface area contributed by atoms with Crippen molar-refractivity contribution >= 4 is 16.8 Å². The van der Waals surface area contributed by atoms with Gasteiger partial charge >= 0.3 is 0 Å². The number of fused-ring (bicyclic) bond motifs is 1. The number of benzene rings is 1. The van der Waals surface area contributed by atoms with E-state index in [1.165, 1.54) is 0 Å². The number of oxazole rings is 1. The zero-order chi connectivity index (χ0) is 13.4. The van der Waals surface area contributed by atoms with E-state index in [0.717, 1.165) is 35.5 Å². The number of nitrogen functional groups attached to an aromatic ring is 1. The fourth-order valence-corrected chi connectivity index (χ4v) is 2.11. The van der Waals surface area contributed by atoms with E-state index < -0.39 is 0 Å². The molecule has 0 aliphatic rings. The van der Waals surface area contributed by atoms with Crippen LogP contribution in [0.1, 0.15) is 19.5 Å². The van der Waals surface area contributed by atoms with Crippen molar-refractivity contribution in [1.29, 1.82) is 0 Å². The molecule has 2 heterocycles. The van der Waals surface area contributed by atoms with Gasteiger partial charge in [0.1, 0.15) is 11.2 Å². The van der Waals surface area contributed by atoms with Crippen LogP contribution < -0.4 is 5.73 Å². The number of anilines is 1. The topological polar surface area (TPSA) is 69.9 Å². The van der Waals surface area contributed by atoms with Gasteiger partial charge in [0, 0.05) is 12.2 Å². The number of nitrogens with zero attached hydrogens (tertiary/aromatic N) is 3. The first-order chi connectivity index (χ1) is 9.21.